The lowest BCUT2D eigenvalue weighted by Crippen LogP contribution is -2.52. The molecule has 6 N–H and O–H groups in total. The zero-order valence-corrected chi connectivity index (χ0v) is 7.60. The van der Waals surface area contributed by atoms with E-state index >= 15 is 0 Å². The molecule has 0 aliphatic carbocycles. The Balaban J connectivity index is 2.41. The van der Waals surface area contributed by atoms with Crippen LogP contribution in [-0.4, -0.2) is 11.1 Å². The van der Waals surface area contributed by atoms with Crippen LogP contribution in [0.15, 0.2) is 30.3 Å². The monoisotopic (exact) mass is 195 g/mol. The van der Waals surface area contributed by atoms with Gasteiger partial charge in [0.05, 0.1) is 6.54 Å². The third kappa shape index (κ3) is 3.40. The molecule has 1 aromatic rings. The summed E-state index contributed by atoms with van der Waals surface area (Å²) in [7, 11) is 0. The lowest BCUT2D eigenvalue weighted by molar-refractivity contribution is 0.173. The van der Waals surface area contributed by atoms with Crippen molar-refractivity contribution >= 4 is 6.03 Å². The molecule has 0 heterocycles. The summed E-state index contributed by atoms with van der Waals surface area (Å²) in [6, 6.07) is 8.95. The average molecular weight is 195 g/mol. The topological polar surface area (TPSA) is 96.4 Å². The van der Waals surface area contributed by atoms with Crippen molar-refractivity contribution in [3.8, 4) is 0 Å². The first-order chi connectivity index (χ1) is 6.72. The van der Waals surface area contributed by atoms with Gasteiger partial charge in [-0.15, -0.1) is 0 Å². The lowest BCUT2D eigenvalue weighted by Gasteiger charge is -2.16. The summed E-state index contributed by atoms with van der Waals surface area (Å²) in [6.45, 7) is 0.411. The van der Waals surface area contributed by atoms with Gasteiger partial charge in [0.2, 0.25) is 0 Å². The van der Waals surface area contributed by atoms with Crippen LogP contribution < -0.4 is 22.5 Å². The molecule has 0 spiro atoms. The molecule has 0 radical (unpaired) electrons. The van der Waals surface area contributed by atoms with Crippen LogP contribution in [0.3, 0.4) is 0 Å². The molecule has 6 nitrogen and oxygen atoms in total. The molecule has 0 saturated heterocycles. The van der Waals surface area contributed by atoms with E-state index in [2.05, 4.69) is 5.43 Å². The smallest absolute Gasteiger partial charge is 0.275 e. The Hall–Kier alpha value is -1.63. The van der Waals surface area contributed by atoms with Gasteiger partial charge in [-0.2, -0.15) is 5.12 Å². The Bertz CT molecular complexity index is 289. The fraction of sp³-hybridized carbons (Fsp3) is 0.125. The number of hydrazine groups is 3. The molecule has 76 valence electrons. The number of amides is 2. The molecule has 0 aromatic heterocycles. The van der Waals surface area contributed by atoms with Gasteiger partial charge in [-0.1, -0.05) is 30.3 Å². The minimum atomic E-state index is -0.552. The summed E-state index contributed by atoms with van der Waals surface area (Å²) in [4.78, 5) is 10.7. The first-order valence-corrected chi connectivity index (χ1v) is 4.06. The number of hydrogen-bond donors (Lipinski definition) is 4. The third-order valence-corrected chi connectivity index (χ3v) is 1.57. The van der Waals surface area contributed by atoms with E-state index in [1.807, 2.05) is 35.8 Å². The summed E-state index contributed by atoms with van der Waals surface area (Å²) in [6.07, 6.45) is 0. The summed E-state index contributed by atoms with van der Waals surface area (Å²) >= 11 is 0. The van der Waals surface area contributed by atoms with Gasteiger partial charge < -0.3 is 0 Å². The Morgan fingerprint density at radius 1 is 1.36 bits per heavy atom. The van der Waals surface area contributed by atoms with E-state index in [1.54, 1.807) is 0 Å². The SMILES string of the molecule is NNC(=O)NN(N)Cc1ccccc1. The minimum absolute atomic E-state index is 0.411. The quantitative estimate of drug-likeness (QED) is 0.295. The number of nitrogens with one attached hydrogen (secondary N) is 2. The first-order valence-electron chi connectivity index (χ1n) is 4.06. The van der Waals surface area contributed by atoms with E-state index in [4.69, 9.17) is 11.7 Å². The number of carbonyl (C=O) groups excluding carboxylic acids is 1. The Labute approximate surface area is 81.8 Å². The van der Waals surface area contributed by atoms with Crippen molar-refractivity contribution in [2.75, 3.05) is 0 Å². The Morgan fingerprint density at radius 2 is 2.00 bits per heavy atom. The maximum absolute atomic E-state index is 10.7. The van der Waals surface area contributed by atoms with Crippen molar-refractivity contribution in [2.45, 2.75) is 6.54 Å². The molecular weight excluding hydrogens is 182 g/mol. The van der Waals surface area contributed by atoms with Crippen LogP contribution in [0.5, 0.6) is 0 Å². The molecule has 0 aliphatic rings. The number of benzene rings is 1. The van der Waals surface area contributed by atoms with Gasteiger partial charge in [0.15, 0.2) is 0 Å². The van der Waals surface area contributed by atoms with Gasteiger partial charge in [-0.05, 0) is 5.56 Å². The van der Waals surface area contributed by atoms with E-state index < -0.39 is 6.03 Å². The highest BCUT2D eigenvalue weighted by Crippen LogP contribution is 1.99. The fourth-order valence-corrected chi connectivity index (χ4v) is 0.982. The maximum Gasteiger partial charge on any atom is 0.344 e. The van der Waals surface area contributed by atoms with Gasteiger partial charge in [0, 0.05) is 0 Å². The van der Waals surface area contributed by atoms with Crippen LogP contribution in [0.2, 0.25) is 0 Å². The van der Waals surface area contributed by atoms with Gasteiger partial charge in [-0.3, -0.25) is 16.7 Å². The molecule has 2 amide bonds. The highest BCUT2D eigenvalue weighted by atomic mass is 16.2. The number of nitrogens with two attached hydrogens (primary N) is 2. The fourth-order valence-electron chi connectivity index (χ4n) is 0.982. The molecule has 14 heavy (non-hydrogen) atoms. The lowest BCUT2D eigenvalue weighted by atomic mass is 10.2. The van der Waals surface area contributed by atoms with Crippen molar-refractivity contribution in [3.05, 3.63) is 35.9 Å². The van der Waals surface area contributed by atoms with Gasteiger partial charge in [0.25, 0.3) is 0 Å². The van der Waals surface area contributed by atoms with E-state index in [0.717, 1.165) is 10.7 Å². The molecular formula is C8H13N5O. The van der Waals surface area contributed by atoms with Crippen molar-refractivity contribution in [1.82, 2.24) is 16.0 Å². The molecule has 0 fully saturated rings. The first kappa shape index (κ1) is 10.5. The normalized spacial score (nSPS) is 9.93. The molecule has 6 heteroatoms. The molecule has 0 aliphatic heterocycles. The van der Waals surface area contributed by atoms with Crippen molar-refractivity contribution in [1.29, 1.82) is 0 Å². The van der Waals surface area contributed by atoms with E-state index in [0.29, 0.717) is 6.54 Å². The zero-order chi connectivity index (χ0) is 10.4. The second kappa shape index (κ2) is 5.18. The van der Waals surface area contributed by atoms with Gasteiger partial charge >= 0.3 is 6.03 Å². The minimum Gasteiger partial charge on any atom is -0.275 e. The predicted octanol–water partition coefficient (Wildman–Crippen LogP) is -0.550. The number of hydrogen-bond acceptors (Lipinski definition) is 4. The third-order valence-electron chi connectivity index (χ3n) is 1.57. The number of urea groups is 1. The Morgan fingerprint density at radius 3 is 2.57 bits per heavy atom. The molecule has 1 aromatic carbocycles. The van der Waals surface area contributed by atoms with Crippen molar-refractivity contribution < 1.29 is 4.79 Å². The average Bonchev–Trinajstić information content (AvgIpc) is 2.19. The van der Waals surface area contributed by atoms with E-state index in [-0.39, 0.29) is 0 Å². The summed E-state index contributed by atoms with van der Waals surface area (Å²) in [5.74, 6) is 10.4. The molecule has 0 bridgehead atoms. The number of rotatable bonds is 3. The molecule has 0 unspecified atom stereocenters. The van der Waals surface area contributed by atoms with Crippen LogP contribution in [-0.2, 0) is 6.54 Å². The van der Waals surface area contributed by atoms with Crippen LogP contribution in [0, 0.1) is 0 Å². The second-order valence-corrected chi connectivity index (χ2v) is 2.70. The standard InChI is InChI=1S/C8H13N5O/c9-11-8(14)12-13(10)6-7-4-2-1-3-5-7/h1-5H,6,9-10H2,(H2,11,12,14). The number of nitrogens with zero attached hydrogens (tertiary/aromatic N) is 1. The predicted molar refractivity (Wildman–Crippen MR) is 52.0 cm³/mol. The van der Waals surface area contributed by atoms with Crippen LogP contribution in [0.25, 0.3) is 0 Å². The van der Waals surface area contributed by atoms with Crippen molar-refractivity contribution in [2.24, 2.45) is 11.7 Å². The zero-order valence-electron chi connectivity index (χ0n) is 7.60. The summed E-state index contributed by atoms with van der Waals surface area (Å²) < 4.78 is 0. The summed E-state index contributed by atoms with van der Waals surface area (Å²) in [5, 5.41) is 1.15. The maximum atomic E-state index is 10.7. The number of carbonyl (C=O) groups is 1. The van der Waals surface area contributed by atoms with E-state index in [1.165, 1.54) is 0 Å². The highest BCUT2D eigenvalue weighted by molar-refractivity contribution is 5.72. The summed E-state index contributed by atoms with van der Waals surface area (Å²) in [5.41, 5.74) is 5.22. The highest BCUT2D eigenvalue weighted by Gasteiger charge is 2.02. The second-order valence-electron chi connectivity index (χ2n) is 2.70. The molecule has 0 atom stereocenters. The largest absolute Gasteiger partial charge is 0.344 e. The van der Waals surface area contributed by atoms with Gasteiger partial charge in [-0.25, -0.2) is 10.6 Å². The molecule has 0 saturated carbocycles. The molecule has 1 rings (SSSR count). The van der Waals surface area contributed by atoms with Crippen LogP contribution in [0.1, 0.15) is 5.56 Å². The van der Waals surface area contributed by atoms with Crippen LogP contribution in [0.4, 0.5) is 4.79 Å². The van der Waals surface area contributed by atoms with E-state index in [9.17, 15) is 4.79 Å². The van der Waals surface area contributed by atoms with Crippen LogP contribution >= 0.6 is 0 Å². The van der Waals surface area contributed by atoms with Crippen molar-refractivity contribution in [3.63, 3.8) is 0 Å². The Kier molecular flexibility index (Phi) is 3.86. The van der Waals surface area contributed by atoms with Gasteiger partial charge in [0.1, 0.15) is 0 Å².